The fourth-order valence-corrected chi connectivity index (χ4v) is 2.96. The van der Waals surface area contributed by atoms with Crippen LogP contribution in [0, 0.1) is 0 Å². The number of hydrogen-bond donors (Lipinski definition) is 0. The first-order valence-corrected chi connectivity index (χ1v) is 7.39. The van der Waals surface area contributed by atoms with Crippen molar-refractivity contribution in [2.24, 2.45) is 12.2 Å². The summed E-state index contributed by atoms with van der Waals surface area (Å²) in [6.07, 6.45) is 1.18. The van der Waals surface area contributed by atoms with Crippen molar-refractivity contribution in [1.82, 2.24) is 14.5 Å². The topological polar surface area (TPSA) is 104 Å². The Morgan fingerprint density at radius 1 is 1.39 bits per heavy atom. The molecule has 8 nitrogen and oxygen atoms in total. The fourth-order valence-electron chi connectivity index (χ4n) is 2.96. The summed E-state index contributed by atoms with van der Waals surface area (Å²) in [5, 5.41) is 3.58. The Morgan fingerprint density at radius 2 is 2.17 bits per heavy atom. The molecule has 0 bridgehead atoms. The van der Waals surface area contributed by atoms with Crippen LogP contribution in [0.3, 0.4) is 0 Å². The highest BCUT2D eigenvalue weighted by Gasteiger charge is 2.31. The van der Waals surface area contributed by atoms with Crippen molar-refractivity contribution in [2.45, 2.75) is 18.9 Å². The summed E-state index contributed by atoms with van der Waals surface area (Å²) in [4.78, 5) is 33.6. The van der Waals surface area contributed by atoms with Crippen molar-refractivity contribution < 1.29 is 4.79 Å². The molecule has 1 atom stereocenters. The lowest BCUT2D eigenvalue weighted by Crippen LogP contribution is -2.37. The number of aryl methyl sites for hydroxylation is 1. The second-order valence-corrected chi connectivity index (χ2v) is 5.47. The third-order valence-electron chi connectivity index (χ3n) is 4.13. The minimum absolute atomic E-state index is 0.00280. The van der Waals surface area contributed by atoms with Crippen LogP contribution in [0.15, 0.2) is 34.2 Å². The highest BCUT2D eigenvalue weighted by Crippen LogP contribution is 2.24. The van der Waals surface area contributed by atoms with Crippen LogP contribution < -0.4 is 5.56 Å². The molecule has 0 aliphatic carbocycles. The zero-order valence-electron chi connectivity index (χ0n) is 12.7. The molecule has 1 aliphatic heterocycles. The highest BCUT2D eigenvalue weighted by atomic mass is 16.2. The Bertz CT molecular complexity index is 868. The number of hydrogen-bond acceptors (Lipinski definition) is 4. The minimum atomic E-state index is -0.621. The smallest absolute Gasteiger partial charge is 0.274 e. The van der Waals surface area contributed by atoms with Crippen molar-refractivity contribution in [1.29, 1.82) is 0 Å². The third-order valence-corrected chi connectivity index (χ3v) is 4.13. The van der Waals surface area contributed by atoms with Gasteiger partial charge in [0.15, 0.2) is 0 Å². The molecule has 1 aliphatic rings. The van der Waals surface area contributed by atoms with Crippen LogP contribution in [0.1, 0.15) is 24.6 Å². The van der Waals surface area contributed by atoms with Crippen LogP contribution in [-0.4, -0.2) is 33.4 Å². The van der Waals surface area contributed by atoms with E-state index in [1.54, 1.807) is 11.9 Å². The quantitative estimate of drug-likeness (QED) is 0.489. The first-order chi connectivity index (χ1) is 11.1. The van der Waals surface area contributed by atoms with Gasteiger partial charge in [0.25, 0.3) is 5.56 Å². The molecule has 1 amide bonds. The number of aromatic nitrogens is 2. The van der Waals surface area contributed by atoms with Crippen LogP contribution in [0.4, 0.5) is 0 Å². The average Bonchev–Trinajstić information content (AvgIpc) is 2.98. The van der Waals surface area contributed by atoms with Gasteiger partial charge in [0, 0.05) is 24.9 Å². The van der Waals surface area contributed by atoms with Gasteiger partial charge in [-0.3, -0.25) is 9.59 Å². The van der Waals surface area contributed by atoms with Crippen LogP contribution >= 0.6 is 0 Å². The van der Waals surface area contributed by atoms with E-state index in [0.29, 0.717) is 18.5 Å². The molecule has 2 heterocycles. The molecule has 1 saturated heterocycles. The number of fused-ring (bicyclic) bond motifs is 1. The maximum Gasteiger partial charge on any atom is 0.274 e. The van der Waals surface area contributed by atoms with Crippen LogP contribution in [-0.2, 0) is 11.8 Å². The molecule has 0 radical (unpaired) electrons. The molecular weight excluding hydrogens is 296 g/mol. The second-order valence-electron chi connectivity index (χ2n) is 5.47. The van der Waals surface area contributed by atoms with Gasteiger partial charge in [-0.05, 0) is 24.1 Å². The lowest BCUT2D eigenvalue weighted by atomic mass is 10.1. The molecule has 3 rings (SSSR count). The molecule has 1 aromatic carbocycles. The summed E-state index contributed by atoms with van der Waals surface area (Å²) in [7, 11) is 1.67. The van der Waals surface area contributed by atoms with Gasteiger partial charge < -0.3 is 9.47 Å². The highest BCUT2D eigenvalue weighted by molar-refractivity contribution is 5.79. The van der Waals surface area contributed by atoms with E-state index in [-0.39, 0.29) is 23.7 Å². The van der Waals surface area contributed by atoms with E-state index in [9.17, 15) is 9.59 Å². The van der Waals surface area contributed by atoms with E-state index in [2.05, 4.69) is 15.0 Å². The lowest BCUT2D eigenvalue weighted by Gasteiger charge is -2.26. The van der Waals surface area contributed by atoms with Gasteiger partial charge in [0.05, 0.1) is 23.6 Å². The molecule has 8 heteroatoms. The predicted octanol–water partition coefficient (Wildman–Crippen LogP) is 1.91. The lowest BCUT2D eigenvalue weighted by molar-refractivity contribution is -0.129. The maximum atomic E-state index is 12.7. The normalized spacial score (nSPS) is 15.7. The number of amides is 1. The molecule has 0 saturated carbocycles. The van der Waals surface area contributed by atoms with Gasteiger partial charge >= 0.3 is 0 Å². The van der Waals surface area contributed by atoms with Gasteiger partial charge in [-0.25, -0.2) is 4.98 Å². The van der Waals surface area contributed by atoms with Gasteiger partial charge in [-0.1, -0.05) is 17.2 Å². The molecule has 2 aromatic rings. The zero-order valence-corrected chi connectivity index (χ0v) is 12.7. The Kier molecular flexibility index (Phi) is 3.99. The number of nitrogens with zero attached hydrogens (tertiary/aromatic N) is 6. The van der Waals surface area contributed by atoms with Crippen molar-refractivity contribution in [2.75, 3.05) is 13.1 Å². The van der Waals surface area contributed by atoms with Gasteiger partial charge in [-0.15, -0.1) is 0 Å². The number of likely N-dealkylation sites (tertiary alicyclic amines) is 1. The van der Waals surface area contributed by atoms with Gasteiger partial charge in [-0.2, -0.15) is 0 Å². The van der Waals surface area contributed by atoms with Gasteiger partial charge in [0.2, 0.25) is 5.91 Å². The maximum absolute atomic E-state index is 12.7. The number of para-hydroxylation sites is 2. The van der Waals surface area contributed by atoms with E-state index in [4.69, 9.17) is 5.53 Å². The van der Waals surface area contributed by atoms with E-state index < -0.39 is 6.04 Å². The Morgan fingerprint density at radius 3 is 2.87 bits per heavy atom. The Hall–Kier alpha value is -2.86. The largest absolute Gasteiger partial charge is 0.334 e. The van der Waals surface area contributed by atoms with Crippen molar-refractivity contribution in [3.63, 3.8) is 0 Å². The Balaban J connectivity index is 2.17. The van der Waals surface area contributed by atoms with E-state index in [1.165, 1.54) is 4.57 Å². The monoisotopic (exact) mass is 312 g/mol. The van der Waals surface area contributed by atoms with Gasteiger partial charge in [0.1, 0.15) is 5.69 Å². The molecule has 0 N–H and O–H groups in total. The number of carbonyl (C=O) groups excluding carboxylic acids is 1. The summed E-state index contributed by atoms with van der Waals surface area (Å²) < 4.78 is 1.52. The van der Waals surface area contributed by atoms with E-state index in [0.717, 1.165) is 11.9 Å². The molecule has 118 valence electrons. The summed E-state index contributed by atoms with van der Waals surface area (Å²) in [6, 6.07) is 6.69. The Labute approximate surface area is 132 Å². The molecule has 0 unspecified atom stereocenters. The number of benzene rings is 1. The second kappa shape index (κ2) is 6.10. The SMILES string of the molecule is Cn1c(=O)c([C@@H](CN=[N+]=[N-])N2CCCC2=O)nc2ccccc21. The summed E-state index contributed by atoms with van der Waals surface area (Å²) in [5.41, 5.74) is 9.97. The molecule has 1 fully saturated rings. The molecular formula is C15H16N6O2. The number of carbonyl (C=O) groups is 1. The van der Waals surface area contributed by atoms with E-state index in [1.807, 2.05) is 24.3 Å². The number of azide groups is 1. The molecule has 0 spiro atoms. The first-order valence-electron chi connectivity index (χ1n) is 7.39. The van der Waals surface area contributed by atoms with Crippen molar-refractivity contribution >= 4 is 16.9 Å². The van der Waals surface area contributed by atoms with Crippen molar-refractivity contribution in [3.05, 3.63) is 50.8 Å². The van der Waals surface area contributed by atoms with Crippen LogP contribution in [0.25, 0.3) is 21.5 Å². The third kappa shape index (κ3) is 2.64. The standard InChI is InChI=1S/C15H16N6O2/c1-20-11-6-3-2-5-10(11)18-14(15(20)23)12(9-17-19-16)21-8-4-7-13(21)22/h2-3,5-6,12H,4,7-9H2,1H3/t12-/m1/s1. The minimum Gasteiger partial charge on any atom is -0.334 e. The zero-order chi connectivity index (χ0) is 16.4. The number of rotatable bonds is 4. The predicted molar refractivity (Wildman–Crippen MR) is 84.7 cm³/mol. The first kappa shape index (κ1) is 15.1. The molecule has 1 aromatic heterocycles. The summed E-state index contributed by atoms with van der Waals surface area (Å²) in [5.74, 6) is -0.0415. The summed E-state index contributed by atoms with van der Waals surface area (Å²) in [6.45, 7) is 0.547. The molecule has 23 heavy (non-hydrogen) atoms. The van der Waals surface area contributed by atoms with Crippen molar-refractivity contribution in [3.8, 4) is 0 Å². The van der Waals surface area contributed by atoms with Crippen LogP contribution in [0.2, 0.25) is 0 Å². The van der Waals surface area contributed by atoms with Crippen LogP contribution in [0.5, 0.6) is 0 Å². The average molecular weight is 312 g/mol. The fraction of sp³-hybridized carbons (Fsp3) is 0.400. The van der Waals surface area contributed by atoms with E-state index >= 15 is 0 Å². The summed E-state index contributed by atoms with van der Waals surface area (Å²) >= 11 is 0.